The molecule has 0 fully saturated rings. The van der Waals surface area contributed by atoms with Crippen LogP contribution in [0, 0.1) is 3.57 Å². The fourth-order valence-electron chi connectivity index (χ4n) is 2.43. The molecule has 0 spiro atoms. The predicted octanol–water partition coefficient (Wildman–Crippen LogP) is 4.36. The SMILES string of the molecule is O=C1CCCc2c1ccn2-c1ccc(I)cc1Br. The molecule has 0 bridgehead atoms. The number of fused-ring (bicyclic) bond motifs is 1. The molecule has 0 unspecified atom stereocenters. The van der Waals surface area contributed by atoms with Crippen LogP contribution in [0.3, 0.4) is 0 Å². The van der Waals surface area contributed by atoms with Gasteiger partial charge < -0.3 is 4.57 Å². The highest BCUT2D eigenvalue weighted by atomic mass is 127. The highest BCUT2D eigenvalue weighted by Gasteiger charge is 2.21. The Morgan fingerprint density at radius 1 is 1.22 bits per heavy atom. The summed E-state index contributed by atoms with van der Waals surface area (Å²) in [5, 5.41) is 0. The Morgan fingerprint density at radius 3 is 2.83 bits per heavy atom. The standard InChI is InChI=1S/C14H11BrINO/c15-11-8-9(16)4-5-13(11)17-7-6-10-12(17)2-1-3-14(10)18/h4-8H,1-3H2. The van der Waals surface area contributed by atoms with Crippen LogP contribution in [0.4, 0.5) is 0 Å². The van der Waals surface area contributed by atoms with Gasteiger partial charge in [-0.25, -0.2) is 0 Å². The third kappa shape index (κ3) is 2.05. The number of halogens is 2. The number of Topliss-reactive ketones (excluding diaryl/α,β-unsaturated/α-hetero) is 1. The van der Waals surface area contributed by atoms with Crippen molar-refractivity contribution < 1.29 is 4.79 Å². The molecule has 2 aromatic rings. The van der Waals surface area contributed by atoms with Gasteiger partial charge in [-0.05, 0) is 75.6 Å². The fraction of sp³-hybridized carbons (Fsp3) is 0.214. The first-order valence-corrected chi connectivity index (χ1v) is 7.73. The molecule has 0 amide bonds. The van der Waals surface area contributed by atoms with Crippen LogP contribution in [0.25, 0.3) is 5.69 Å². The topological polar surface area (TPSA) is 22.0 Å². The monoisotopic (exact) mass is 415 g/mol. The second kappa shape index (κ2) is 4.81. The zero-order valence-electron chi connectivity index (χ0n) is 9.62. The first-order chi connectivity index (χ1) is 8.66. The molecule has 2 nitrogen and oxygen atoms in total. The summed E-state index contributed by atoms with van der Waals surface area (Å²) in [5.41, 5.74) is 3.14. The summed E-state index contributed by atoms with van der Waals surface area (Å²) < 4.78 is 4.39. The lowest BCUT2D eigenvalue weighted by Gasteiger charge is -2.16. The van der Waals surface area contributed by atoms with Gasteiger partial charge in [-0.15, -0.1) is 0 Å². The Labute approximate surface area is 128 Å². The van der Waals surface area contributed by atoms with Gasteiger partial charge in [0.1, 0.15) is 0 Å². The Bertz CT molecular complexity index is 633. The zero-order chi connectivity index (χ0) is 12.7. The van der Waals surface area contributed by atoms with Gasteiger partial charge in [0, 0.05) is 31.9 Å². The quantitative estimate of drug-likeness (QED) is 0.634. The van der Waals surface area contributed by atoms with Crippen LogP contribution in [0.15, 0.2) is 34.9 Å². The predicted molar refractivity (Wildman–Crippen MR) is 83.5 cm³/mol. The van der Waals surface area contributed by atoms with Crippen LogP contribution in [0.2, 0.25) is 0 Å². The number of carbonyl (C=O) groups is 1. The molecule has 1 aliphatic carbocycles. The maximum atomic E-state index is 11.8. The minimum Gasteiger partial charge on any atom is -0.319 e. The van der Waals surface area contributed by atoms with E-state index in [0.29, 0.717) is 6.42 Å². The average Bonchev–Trinajstić information content (AvgIpc) is 2.74. The summed E-state index contributed by atoms with van der Waals surface area (Å²) in [5.74, 6) is 0.275. The van der Waals surface area contributed by atoms with E-state index in [1.165, 1.54) is 3.57 Å². The van der Waals surface area contributed by atoms with Gasteiger partial charge in [0.2, 0.25) is 0 Å². The molecule has 0 radical (unpaired) electrons. The average molecular weight is 416 g/mol. The fourth-order valence-corrected chi connectivity index (χ4v) is 3.92. The second-order valence-corrected chi connectivity index (χ2v) is 6.52. The molecular weight excluding hydrogens is 405 g/mol. The summed E-state index contributed by atoms with van der Waals surface area (Å²) in [6, 6.07) is 8.21. The van der Waals surface area contributed by atoms with Crippen molar-refractivity contribution in [2.24, 2.45) is 0 Å². The van der Waals surface area contributed by atoms with Crippen LogP contribution in [0.5, 0.6) is 0 Å². The van der Waals surface area contributed by atoms with E-state index in [1.54, 1.807) is 0 Å². The number of rotatable bonds is 1. The lowest BCUT2D eigenvalue weighted by atomic mass is 9.97. The van der Waals surface area contributed by atoms with Gasteiger partial charge >= 0.3 is 0 Å². The third-order valence-electron chi connectivity index (χ3n) is 3.28. The maximum absolute atomic E-state index is 11.8. The number of ketones is 1. The molecule has 0 atom stereocenters. The summed E-state index contributed by atoms with van der Waals surface area (Å²) in [6.45, 7) is 0. The molecule has 0 saturated heterocycles. The van der Waals surface area contributed by atoms with Crippen molar-refractivity contribution in [3.05, 3.63) is 49.8 Å². The number of nitrogens with zero attached hydrogens (tertiary/aromatic N) is 1. The summed E-state index contributed by atoms with van der Waals surface area (Å²) in [4.78, 5) is 11.8. The van der Waals surface area contributed by atoms with Gasteiger partial charge in [0.05, 0.1) is 5.69 Å². The highest BCUT2D eigenvalue weighted by molar-refractivity contribution is 14.1. The Kier molecular flexibility index (Phi) is 3.32. The normalized spacial score (nSPS) is 14.7. The van der Waals surface area contributed by atoms with E-state index < -0.39 is 0 Å². The third-order valence-corrected chi connectivity index (χ3v) is 4.59. The van der Waals surface area contributed by atoms with Gasteiger partial charge in [-0.3, -0.25) is 4.79 Å². The maximum Gasteiger partial charge on any atom is 0.164 e. The Balaban J connectivity index is 2.15. The smallest absolute Gasteiger partial charge is 0.164 e. The number of carbonyl (C=O) groups excluding carboxylic acids is 1. The second-order valence-electron chi connectivity index (χ2n) is 4.42. The molecule has 0 saturated carbocycles. The number of hydrogen-bond acceptors (Lipinski definition) is 1. The highest BCUT2D eigenvalue weighted by Crippen LogP contribution is 2.29. The summed E-state index contributed by atoms with van der Waals surface area (Å²) >= 11 is 5.89. The van der Waals surface area contributed by atoms with Crippen molar-refractivity contribution in [2.75, 3.05) is 0 Å². The van der Waals surface area contributed by atoms with Crippen LogP contribution < -0.4 is 0 Å². The molecule has 1 aromatic heterocycles. The first kappa shape index (κ1) is 12.4. The van der Waals surface area contributed by atoms with Crippen molar-refractivity contribution in [2.45, 2.75) is 19.3 Å². The van der Waals surface area contributed by atoms with Crippen LogP contribution in [-0.2, 0) is 6.42 Å². The van der Waals surface area contributed by atoms with Gasteiger partial charge in [0.15, 0.2) is 5.78 Å². The Hall–Kier alpha value is -0.620. The molecule has 4 heteroatoms. The van der Waals surface area contributed by atoms with Crippen LogP contribution in [0.1, 0.15) is 28.9 Å². The molecular formula is C14H11BrINO. The first-order valence-electron chi connectivity index (χ1n) is 5.85. The molecule has 3 rings (SSSR count). The van der Waals surface area contributed by atoms with Crippen LogP contribution >= 0.6 is 38.5 Å². The van der Waals surface area contributed by atoms with Crippen molar-refractivity contribution in [3.8, 4) is 5.69 Å². The molecule has 0 aliphatic heterocycles. The lowest BCUT2D eigenvalue weighted by molar-refractivity contribution is 0.0972. The van der Waals surface area contributed by atoms with E-state index in [2.05, 4.69) is 61.3 Å². The zero-order valence-corrected chi connectivity index (χ0v) is 13.4. The van der Waals surface area contributed by atoms with E-state index in [4.69, 9.17) is 0 Å². The molecule has 18 heavy (non-hydrogen) atoms. The minimum absolute atomic E-state index is 0.275. The Morgan fingerprint density at radius 2 is 2.06 bits per heavy atom. The van der Waals surface area contributed by atoms with E-state index in [-0.39, 0.29) is 5.78 Å². The van der Waals surface area contributed by atoms with E-state index in [1.807, 2.05) is 12.3 Å². The lowest BCUT2D eigenvalue weighted by Crippen LogP contribution is -2.12. The summed E-state index contributed by atoms with van der Waals surface area (Å²) in [6.07, 6.45) is 4.62. The van der Waals surface area contributed by atoms with Crippen molar-refractivity contribution in [1.82, 2.24) is 4.57 Å². The van der Waals surface area contributed by atoms with Gasteiger partial charge in [-0.2, -0.15) is 0 Å². The molecule has 92 valence electrons. The van der Waals surface area contributed by atoms with E-state index >= 15 is 0 Å². The van der Waals surface area contributed by atoms with Gasteiger partial charge in [-0.1, -0.05) is 0 Å². The van der Waals surface area contributed by atoms with E-state index in [9.17, 15) is 4.79 Å². The number of benzene rings is 1. The number of aromatic nitrogens is 1. The summed E-state index contributed by atoms with van der Waals surface area (Å²) in [7, 11) is 0. The largest absolute Gasteiger partial charge is 0.319 e. The molecule has 0 N–H and O–H groups in total. The van der Waals surface area contributed by atoms with Crippen LogP contribution in [-0.4, -0.2) is 10.4 Å². The molecule has 1 heterocycles. The van der Waals surface area contributed by atoms with Crippen molar-refractivity contribution in [1.29, 1.82) is 0 Å². The van der Waals surface area contributed by atoms with Crippen molar-refractivity contribution >= 4 is 44.3 Å². The molecule has 1 aromatic carbocycles. The number of hydrogen-bond donors (Lipinski definition) is 0. The minimum atomic E-state index is 0.275. The van der Waals surface area contributed by atoms with Gasteiger partial charge in [0.25, 0.3) is 0 Å². The van der Waals surface area contributed by atoms with E-state index in [0.717, 1.165) is 34.3 Å². The van der Waals surface area contributed by atoms with Crippen molar-refractivity contribution in [3.63, 3.8) is 0 Å². The molecule has 1 aliphatic rings.